The van der Waals surface area contributed by atoms with E-state index >= 15 is 0 Å². The molecule has 0 saturated heterocycles. The fourth-order valence-corrected chi connectivity index (χ4v) is 3.09. The van der Waals surface area contributed by atoms with Crippen LogP contribution >= 0.6 is 11.3 Å². The molecule has 1 heterocycles. The summed E-state index contributed by atoms with van der Waals surface area (Å²) in [6, 6.07) is 14.3. The van der Waals surface area contributed by atoms with Crippen molar-refractivity contribution in [2.24, 2.45) is 0 Å². The van der Waals surface area contributed by atoms with Gasteiger partial charge in [0.25, 0.3) is 0 Å². The monoisotopic (exact) mass is 341 g/mol. The van der Waals surface area contributed by atoms with E-state index in [9.17, 15) is 9.18 Å². The molecule has 0 aliphatic heterocycles. The summed E-state index contributed by atoms with van der Waals surface area (Å²) in [6.07, 6.45) is 0.0801. The summed E-state index contributed by atoms with van der Waals surface area (Å²) < 4.78 is 18.6. The van der Waals surface area contributed by atoms with E-state index in [0.717, 1.165) is 16.1 Å². The van der Waals surface area contributed by atoms with Gasteiger partial charge in [0, 0.05) is 16.5 Å². The van der Waals surface area contributed by atoms with Crippen LogP contribution in [0, 0.1) is 12.7 Å². The number of halogens is 1. The van der Waals surface area contributed by atoms with Crippen molar-refractivity contribution >= 4 is 17.3 Å². The van der Waals surface area contributed by atoms with Crippen LogP contribution in [0.25, 0.3) is 10.6 Å². The van der Waals surface area contributed by atoms with E-state index in [2.05, 4.69) is 11.1 Å². The van der Waals surface area contributed by atoms with Crippen LogP contribution in [0.15, 0.2) is 53.9 Å². The smallest absolute Gasteiger partial charge is 0.312 e. The molecule has 24 heavy (non-hydrogen) atoms. The standard InChI is InChI=1S/C19H16FNO2S/c1-13-5-4-7-14(9-13)19-21-16(12-24-19)10-18(22)23-11-15-6-2-3-8-17(15)20/h2-9,12H,10-11H2,1H3. The van der Waals surface area contributed by atoms with Crippen molar-refractivity contribution in [3.8, 4) is 10.6 Å². The van der Waals surface area contributed by atoms with Gasteiger partial charge in [-0.05, 0) is 19.1 Å². The second-order valence-corrected chi connectivity index (χ2v) is 6.30. The van der Waals surface area contributed by atoms with Crippen molar-refractivity contribution in [3.63, 3.8) is 0 Å². The molecule has 0 radical (unpaired) electrons. The van der Waals surface area contributed by atoms with Crippen molar-refractivity contribution in [2.75, 3.05) is 0 Å². The van der Waals surface area contributed by atoms with Gasteiger partial charge in [0.05, 0.1) is 12.1 Å². The Morgan fingerprint density at radius 3 is 2.83 bits per heavy atom. The zero-order chi connectivity index (χ0) is 16.9. The maximum Gasteiger partial charge on any atom is 0.312 e. The highest BCUT2D eigenvalue weighted by atomic mass is 32.1. The van der Waals surface area contributed by atoms with Gasteiger partial charge in [0.1, 0.15) is 17.4 Å². The molecular formula is C19H16FNO2S. The Hall–Kier alpha value is -2.53. The van der Waals surface area contributed by atoms with Crippen LogP contribution in [0.1, 0.15) is 16.8 Å². The molecule has 0 aliphatic rings. The summed E-state index contributed by atoms with van der Waals surface area (Å²) in [5.41, 5.74) is 3.22. The summed E-state index contributed by atoms with van der Waals surface area (Å²) in [5.74, 6) is -0.792. The number of hydrogen-bond donors (Lipinski definition) is 0. The van der Waals surface area contributed by atoms with Crippen molar-refractivity contribution in [2.45, 2.75) is 20.0 Å². The fraction of sp³-hybridized carbons (Fsp3) is 0.158. The van der Waals surface area contributed by atoms with Crippen LogP contribution in [0.2, 0.25) is 0 Å². The van der Waals surface area contributed by atoms with Gasteiger partial charge in [-0.3, -0.25) is 4.79 Å². The van der Waals surface area contributed by atoms with Gasteiger partial charge in [0.15, 0.2) is 0 Å². The molecule has 0 atom stereocenters. The van der Waals surface area contributed by atoms with Crippen LogP contribution in [0.3, 0.4) is 0 Å². The molecule has 3 nitrogen and oxygen atoms in total. The number of thiazole rings is 1. The van der Waals surface area contributed by atoms with Crippen LogP contribution in [0.5, 0.6) is 0 Å². The highest BCUT2D eigenvalue weighted by Gasteiger charge is 2.11. The van der Waals surface area contributed by atoms with Crippen LogP contribution in [0.4, 0.5) is 4.39 Å². The van der Waals surface area contributed by atoms with E-state index in [-0.39, 0.29) is 18.8 Å². The molecule has 0 spiro atoms. The number of hydrogen-bond acceptors (Lipinski definition) is 4. The predicted octanol–water partition coefficient (Wildman–Crippen LogP) is 4.54. The molecule has 3 rings (SSSR count). The lowest BCUT2D eigenvalue weighted by Crippen LogP contribution is -2.09. The third-order valence-electron chi connectivity index (χ3n) is 3.49. The lowest BCUT2D eigenvalue weighted by atomic mass is 10.1. The average Bonchev–Trinajstić information content (AvgIpc) is 3.02. The van der Waals surface area contributed by atoms with Gasteiger partial charge in [-0.25, -0.2) is 9.37 Å². The van der Waals surface area contributed by atoms with Crippen molar-refractivity contribution < 1.29 is 13.9 Å². The first-order chi connectivity index (χ1) is 11.6. The van der Waals surface area contributed by atoms with E-state index in [0.29, 0.717) is 11.3 Å². The van der Waals surface area contributed by atoms with Crippen LogP contribution in [-0.2, 0) is 22.6 Å². The third-order valence-corrected chi connectivity index (χ3v) is 4.43. The molecule has 0 aliphatic carbocycles. The Balaban J connectivity index is 1.60. The van der Waals surface area contributed by atoms with Gasteiger partial charge in [-0.1, -0.05) is 42.0 Å². The molecule has 0 saturated carbocycles. The Morgan fingerprint density at radius 2 is 2.04 bits per heavy atom. The molecule has 122 valence electrons. The number of esters is 1. The summed E-state index contributed by atoms with van der Waals surface area (Å²) >= 11 is 1.49. The second kappa shape index (κ2) is 7.36. The van der Waals surface area contributed by atoms with Gasteiger partial charge in [0.2, 0.25) is 0 Å². The van der Waals surface area contributed by atoms with E-state index in [1.165, 1.54) is 17.4 Å². The molecule has 0 unspecified atom stereocenters. The summed E-state index contributed by atoms with van der Waals surface area (Å²) in [5, 5.41) is 2.72. The first kappa shape index (κ1) is 16.3. The molecule has 3 aromatic rings. The number of carbonyl (C=O) groups excluding carboxylic acids is 1. The zero-order valence-electron chi connectivity index (χ0n) is 13.2. The first-order valence-electron chi connectivity index (χ1n) is 7.52. The topological polar surface area (TPSA) is 39.2 Å². The number of ether oxygens (including phenoxy) is 1. The molecular weight excluding hydrogens is 325 g/mol. The summed E-state index contributed by atoms with van der Waals surface area (Å²) in [7, 11) is 0. The summed E-state index contributed by atoms with van der Waals surface area (Å²) in [4.78, 5) is 16.4. The minimum atomic E-state index is -0.417. The number of aryl methyl sites for hydroxylation is 1. The quantitative estimate of drug-likeness (QED) is 0.640. The van der Waals surface area contributed by atoms with E-state index < -0.39 is 5.97 Å². The third kappa shape index (κ3) is 4.06. The second-order valence-electron chi connectivity index (χ2n) is 5.44. The lowest BCUT2D eigenvalue weighted by molar-refractivity contribution is -0.144. The molecule has 5 heteroatoms. The molecule has 0 N–H and O–H groups in total. The van der Waals surface area contributed by atoms with Gasteiger partial charge in [-0.15, -0.1) is 11.3 Å². The SMILES string of the molecule is Cc1cccc(-c2nc(CC(=O)OCc3ccccc3F)cs2)c1. The Kier molecular flexibility index (Phi) is 5.01. The van der Waals surface area contributed by atoms with Crippen molar-refractivity contribution in [1.29, 1.82) is 0 Å². The largest absolute Gasteiger partial charge is 0.460 e. The van der Waals surface area contributed by atoms with Crippen molar-refractivity contribution in [1.82, 2.24) is 4.98 Å². The number of rotatable bonds is 5. The predicted molar refractivity (Wildman–Crippen MR) is 92.2 cm³/mol. The van der Waals surface area contributed by atoms with Crippen molar-refractivity contribution in [3.05, 3.63) is 76.5 Å². The fourth-order valence-electron chi connectivity index (χ4n) is 2.27. The molecule has 2 aromatic carbocycles. The zero-order valence-corrected chi connectivity index (χ0v) is 14.0. The number of carbonyl (C=O) groups is 1. The van der Waals surface area contributed by atoms with Gasteiger partial charge >= 0.3 is 5.97 Å². The normalized spacial score (nSPS) is 10.6. The molecule has 1 aromatic heterocycles. The molecule has 0 fully saturated rings. The Morgan fingerprint density at radius 1 is 1.21 bits per heavy atom. The lowest BCUT2D eigenvalue weighted by Gasteiger charge is -2.04. The highest BCUT2D eigenvalue weighted by molar-refractivity contribution is 7.13. The summed E-state index contributed by atoms with van der Waals surface area (Å²) in [6.45, 7) is 1.96. The maximum atomic E-state index is 13.5. The number of nitrogens with zero attached hydrogens (tertiary/aromatic N) is 1. The minimum absolute atomic E-state index is 0.0691. The first-order valence-corrected chi connectivity index (χ1v) is 8.40. The Labute approximate surface area is 143 Å². The minimum Gasteiger partial charge on any atom is -0.460 e. The molecule has 0 amide bonds. The number of benzene rings is 2. The maximum absolute atomic E-state index is 13.5. The molecule has 0 bridgehead atoms. The van der Waals surface area contributed by atoms with Gasteiger partial charge in [-0.2, -0.15) is 0 Å². The van der Waals surface area contributed by atoms with E-state index in [4.69, 9.17) is 4.74 Å². The van der Waals surface area contributed by atoms with E-state index in [1.54, 1.807) is 18.2 Å². The average molecular weight is 341 g/mol. The highest BCUT2D eigenvalue weighted by Crippen LogP contribution is 2.24. The van der Waals surface area contributed by atoms with E-state index in [1.807, 2.05) is 30.5 Å². The van der Waals surface area contributed by atoms with Gasteiger partial charge < -0.3 is 4.74 Å². The van der Waals surface area contributed by atoms with Crippen LogP contribution in [-0.4, -0.2) is 11.0 Å². The Bertz CT molecular complexity index is 860. The number of aromatic nitrogens is 1. The van der Waals surface area contributed by atoms with Crippen LogP contribution < -0.4 is 0 Å².